The van der Waals surface area contributed by atoms with Crippen molar-refractivity contribution in [2.75, 3.05) is 13.1 Å². The lowest BCUT2D eigenvalue weighted by molar-refractivity contribution is 0.00584. The Morgan fingerprint density at radius 2 is 2.09 bits per heavy atom. The molecule has 0 unspecified atom stereocenters. The second-order valence-electron chi connectivity index (χ2n) is 9.61. The van der Waals surface area contributed by atoms with Crippen molar-refractivity contribution in [1.29, 1.82) is 0 Å². The number of aromatic nitrogens is 5. The van der Waals surface area contributed by atoms with Crippen LogP contribution >= 0.6 is 11.3 Å². The summed E-state index contributed by atoms with van der Waals surface area (Å²) in [5, 5.41) is 3.94. The number of carbonyl (C=O) groups is 1. The first-order valence-corrected chi connectivity index (χ1v) is 12.2. The third kappa shape index (κ3) is 4.07. The van der Waals surface area contributed by atoms with Crippen LogP contribution in [0.2, 0.25) is 0 Å². The maximum atomic E-state index is 13.5. The molecule has 0 aliphatic carbocycles. The highest BCUT2D eigenvalue weighted by atomic mass is 32.1. The fourth-order valence-electron chi connectivity index (χ4n) is 4.49. The van der Waals surface area contributed by atoms with E-state index in [1.165, 1.54) is 0 Å². The lowest BCUT2D eigenvalue weighted by Crippen LogP contribution is -2.29. The van der Waals surface area contributed by atoms with Gasteiger partial charge in [0.2, 0.25) is 0 Å². The predicted molar refractivity (Wildman–Crippen MR) is 131 cm³/mol. The zero-order valence-corrected chi connectivity index (χ0v) is 20.6. The van der Waals surface area contributed by atoms with Crippen molar-refractivity contribution in [2.24, 2.45) is 7.05 Å². The van der Waals surface area contributed by atoms with Crippen LogP contribution in [0.25, 0.3) is 16.9 Å². The largest absolute Gasteiger partial charge is 0.455 e. The van der Waals surface area contributed by atoms with Crippen molar-refractivity contribution >= 4 is 28.5 Å². The van der Waals surface area contributed by atoms with Gasteiger partial charge in [-0.1, -0.05) is 0 Å². The van der Waals surface area contributed by atoms with Gasteiger partial charge in [0, 0.05) is 31.7 Å². The standard InChI is InChI=1S/C24H28N6O3S/c1-24(2,3)33-22(31)19-12-26-20(27(19)4)14-28-10-7-16(13-28)30-21-18(6-5-9-25-21)29(23(30)32)17-8-11-34-15-17/h5-6,8-9,11-12,15-16H,7,10,13-14H2,1-4H3/t16-/m0/s1. The van der Waals surface area contributed by atoms with E-state index in [2.05, 4.69) is 14.9 Å². The van der Waals surface area contributed by atoms with Crippen LogP contribution in [0.3, 0.4) is 0 Å². The maximum Gasteiger partial charge on any atom is 0.357 e. The van der Waals surface area contributed by atoms with E-state index in [4.69, 9.17) is 4.74 Å². The van der Waals surface area contributed by atoms with Crippen molar-refractivity contribution in [3.05, 3.63) is 63.4 Å². The number of likely N-dealkylation sites (tertiary alicyclic amines) is 1. The van der Waals surface area contributed by atoms with Crippen LogP contribution in [0.5, 0.6) is 0 Å². The highest BCUT2D eigenvalue weighted by Crippen LogP contribution is 2.27. The molecule has 0 aromatic carbocycles. The van der Waals surface area contributed by atoms with E-state index in [9.17, 15) is 9.59 Å². The second kappa shape index (κ2) is 8.52. The summed E-state index contributed by atoms with van der Waals surface area (Å²) >= 11 is 1.56. The van der Waals surface area contributed by atoms with E-state index >= 15 is 0 Å². The van der Waals surface area contributed by atoms with Crippen molar-refractivity contribution < 1.29 is 9.53 Å². The van der Waals surface area contributed by atoms with Gasteiger partial charge in [-0.3, -0.25) is 14.0 Å². The van der Waals surface area contributed by atoms with E-state index in [-0.39, 0.29) is 17.7 Å². The maximum absolute atomic E-state index is 13.5. The van der Waals surface area contributed by atoms with Gasteiger partial charge < -0.3 is 9.30 Å². The van der Waals surface area contributed by atoms with Crippen LogP contribution in [0.15, 0.2) is 46.1 Å². The summed E-state index contributed by atoms with van der Waals surface area (Å²) in [6.45, 7) is 7.65. The van der Waals surface area contributed by atoms with Crippen LogP contribution < -0.4 is 5.69 Å². The molecule has 4 aromatic rings. The van der Waals surface area contributed by atoms with E-state index in [0.29, 0.717) is 24.4 Å². The van der Waals surface area contributed by atoms with Crippen LogP contribution in [-0.2, 0) is 18.3 Å². The number of pyridine rings is 1. The quantitative estimate of drug-likeness (QED) is 0.407. The lowest BCUT2D eigenvalue weighted by Gasteiger charge is -2.20. The molecule has 1 aliphatic heterocycles. The monoisotopic (exact) mass is 480 g/mol. The molecule has 0 radical (unpaired) electrons. The summed E-state index contributed by atoms with van der Waals surface area (Å²) < 4.78 is 10.9. The van der Waals surface area contributed by atoms with Gasteiger partial charge in [-0.15, -0.1) is 0 Å². The summed E-state index contributed by atoms with van der Waals surface area (Å²) in [6.07, 6.45) is 4.14. The number of hydrogen-bond acceptors (Lipinski definition) is 7. The molecule has 0 N–H and O–H groups in total. The highest BCUT2D eigenvalue weighted by Gasteiger charge is 2.30. The predicted octanol–water partition coefficient (Wildman–Crippen LogP) is 3.38. The average Bonchev–Trinajstić information content (AvgIpc) is 3.54. The number of esters is 1. The van der Waals surface area contributed by atoms with Crippen molar-refractivity contribution in [2.45, 2.75) is 45.4 Å². The average molecular weight is 481 g/mol. The number of ether oxygens (including phenoxy) is 1. The van der Waals surface area contributed by atoms with Crippen molar-refractivity contribution in [3.63, 3.8) is 0 Å². The van der Waals surface area contributed by atoms with Crippen LogP contribution in [0.1, 0.15) is 49.5 Å². The molecular formula is C24H28N6O3S. The molecule has 1 saturated heterocycles. The minimum atomic E-state index is -0.562. The molecule has 10 heteroatoms. The topological polar surface area (TPSA) is 87.2 Å². The molecular weight excluding hydrogens is 452 g/mol. The Kier molecular flexibility index (Phi) is 5.65. The van der Waals surface area contributed by atoms with Gasteiger partial charge in [0.15, 0.2) is 5.65 Å². The molecule has 34 heavy (non-hydrogen) atoms. The molecule has 1 fully saturated rings. The number of fused-ring (bicyclic) bond motifs is 1. The van der Waals surface area contributed by atoms with Gasteiger partial charge in [-0.2, -0.15) is 11.3 Å². The second-order valence-corrected chi connectivity index (χ2v) is 10.4. The van der Waals surface area contributed by atoms with Crippen LogP contribution in [-0.4, -0.2) is 53.2 Å². The van der Waals surface area contributed by atoms with E-state index < -0.39 is 5.60 Å². The Labute approximate surface area is 201 Å². The molecule has 0 spiro atoms. The number of hydrogen-bond donors (Lipinski definition) is 0. The van der Waals surface area contributed by atoms with Gasteiger partial charge in [0.25, 0.3) is 0 Å². The third-order valence-electron chi connectivity index (χ3n) is 6.07. The van der Waals surface area contributed by atoms with Gasteiger partial charge in [0.1, 0.15) is 17.1 Å². The molecule has 4 aromatic heterocycles. The molecule has 1 atom stereocenters. The molecule has 0 bridgehead atoms. The Bertz CT molecular complexity index is 1390. The SMILES string of the molecule is Cn1c(C(=O)OC(C)(C)C)cnc1CN1CC[C@H](n2c(=O)n(-c3ccsc3)c3cccnc32)C1. The normalized spacial score (nSPS) is 17.0. The lowest BCUT2D eigenvalue weighted by atomic mass is 10.2. The summed E-state index contributed by atoms with van der Waals surface area (Å²) in [7, 11) is 1.83. The Morgan fingerprint density at radius 3 is 2.82 bits per heavy atom. The molecule has 9 nitrogen and oxygen atoms in total. The first kappa shape index (κ1) is 22.5. The summed E-state index contributed by atoms with van der Waals surface area (Å²) in [6, 6.07) is 5.76. The smallest absolute Gasteiger partial charge is 0.357 e. The fourth-order valence-corrected chi connectivity index (χ4v) is 5.11. The van der Waals surface area contributed by atoms with Gasteiger partial charge in [-0.05, 0) is 50.8 Å². The fraction of sp³-hybridized carbons (Fsp3) is 0.417. The molecule has 5 rings (SSSR count). The van der Waals surface area contributed by atoms with Gasteiger partial charge in [-0.25, -0.2) is 19.6 Å². The molecule has 0 saturated carbocycles. The number of rotatable bonds is 5. The summed E-state index contributed by atoms with van der Waals surface area (Å²) in [5.41, 5.74) is 2.19. The zero-order chi connectivity index (χ0) is 24.0. The Hall–Kier alpha value is -3.24. The zero-order valence-electron chi connectivity index (χ0n) is 19.8. The Morgan fingerprint density at radius 1 is 1.26 bits per heavy atom. The summed E-state index contributed by atoms with van der Waals surface area (Å²) in [5.74, 6) is 0.402. The first-order chi connectivity index (χ1) is 16.2. The van der Waals surface area contributed by atoms with Gasteiger partial charge in [0.05, 0.1) is 30.0 Å². The number of nitrogens with zero attached hydrogens (tertiary/aromatic N) is 6. The number of imidazole rings is 2. The van der Waals surface area contributed by atoms with Crippen LogP contribution in [0.4, 0.5) is 0 Å². The van der Waals surface area contributed by atoms with Crippen molar-refractivity contribution in [3.8, 4) is 5.69 Å². The first-order valence-electron chi connectivity index (χ1n) is 11.3. The number of thiophene rings is 1. The van der Waals surface area contributed by atoms with E-state index in [1.807, 2.05) is 61.3 Å². The highest BCUT2D eigenvalue weighted by molar-refractivity contribution is 7.08. The van der Waals surface area contributed by atoms with Crippen LogP contribution in [0, 0.1) is 0 Å². The molecule has 0 amide bonds. The number of carbonyl (C=O) groups excluding carboxylic acids is 1. The Balaban J connectivity index is 1.38. The minimum Gasteiger partial charge on any atom is -0.455 e. The molecule has 178 valence electrons. The van der Waals surface area contributed by atoms with Crippen molar-refractivity contribution in [1.82, 2.24) is 28.6 Å². The van der Waals surface area contributed by atoms with E-state index in [0.717, 1.165) is 30.0 Å². The molecule has 1 aliphatic rings. The summed E-state index contributed by atoms with van der Waals surface area (Å²) in [4.78, 5) is 37.3. The van der Waals surface area contributed by atoms with E-state index in [1.54, 1.807) is 32.9 Å². The molecule has 5 heterocycles. The van der Waals surface area contributed by atoms with Gasteiger partial charge >= 0.3 is 11.7 Å². The third-order valence-corrected chi connectivity index (χ3v) is 6.74. The minimum absolute atomic E-state index is 0.00961.